The molecule has 0 aliphatic heterocycles. The number of nitrogens with zero attached hydrogens (tertiary/aromatic N) is 1. The van der Waals surface area contributed by atoms with E-state index in [2.05, 4.69) is 10.3 Å². The Kier molecular flexibility index (Phi) is 7.40. The maximum atomic E-state index is 5.75. The highest BCUT2D eigenvalue weighted by atomic mass is 127. The Morgan fingerprint density at radius 2 is 1.93 bits per heavy atom. The van der Waals surface area contributed by atoms with Gasteiger partial charge in [-0.25, -0.2) is 0 Å². The van der Waals surface area contributed by atoms with E-state index in [9.17, 15) is 0 Å². The molecular weight excluding hydrogens is 331 g/mol. The van der Waals surface area contributed by atoms with Crippen LogP contribution in [0.2, 0.25) is 5.02 Å². The van der Waals surface area contributed by atoms with E-state index in [1.54, 1.807) is 18.8 Å². The second-order valence-electron chi connectivity index (χ2n) is 2.36. The van der Waals surface area contributed by atoms with Crippen LogP contribution in [0.1, 0.15) is 0 Å². The van der Waals surface area contributed by atoms with Crippen molar-refractivity contribution in [1.82, 2.24) is 0 Å². The maximum absolute atomic E-state index is 5.75. The highest BCUT2D eigenvalue weighted by molar-refractivity contribution is 14.0. The van der Waals surface area contributed by atoms with Crippen molar-refractivity contribution >= 4 is 58.2 Å². The van der Waals surface area contributed by atoms with Gasteiger partial charge in [-0.1, -0.05) is 23.4 Å². The van der Waals surface area contributed by atoms with Gasteiger partial charge in [0.2, 0.25) is 0 Å². The number of halogens is 2. The Morgan fingerprint density at radius 1 is 1.36 bits per heavy atom. The molecule has 14 heavy (non-hydrogen) atoms. The fourth-order valence-corrected chi connectivity index (χ4v) is 1.38. The first-order valence-corrected chi connectivity index (χ1v) is 5.40. The lowest BCUT2D eigenvalue weighted by atomic mass is 10.3. The van der Waals surface area contributed by atoms with E-state index in [4.69, 9.17) is 11.6 Å². The zero-order chi connectivity index (χ0) is 9.68. The Bertz CT molecular complexity index is 300. The SMILES string of the molecule is CN=C(Nc1ccc(Cl)cc1)SC.I. The van der Waals surface area contributed by atoms with Gasteiger partial charge in [-0.3, -0.25) is 4.99 Å². The van der Waals surface area contributed by atoms with Gasteiger partial charge in [-0.05, 0) is 30.5 Å². The van der Waals surface area contributed by atoms with Gasteiger partial charge in [0.05, 0.1) is 0 Å². The summed E-state index contributed by atoms with van der Waals surface area (Å²) in [4.78, 5) is 4.06. The number of aliphatic imine (C=N–C) groups is 1. The lowest BCUT2D eigenvalue weighted by molar-refractivity contribution is 1.45. The molecule has 0 amide bonds. The highest BCUT2D eigenvalue weighted by Gasteiger charge is 1.96. The van der Waals surface area contributed by atoms with E-state index in [-0.39, 0.29) is 24.0 Å². The van der Waals surface area contributed by atoms with Crippen LogP contribution in [-0.2, 0) is 0 Å². The summed E-state index contributed by atoms with van der Waals surface area (Å²) in [5.41, 5.74) is 0.999. The molecule has 0 aliphatic rings. The van der Waals surface area contributed by atoms with Gasteiger partial charge in [-0.2, -0.15) is 0 Å². The summed E-state index contributed by atoms with van der Waals surface area (Å²) < 4.78 is 0. The van der Waals surface area contributed by atoms with Crippen LogP contribution in [0.4, 0.5) is 5.69 Å². The van der Waals surface area contributed by atoms with Crippen molar-refractivity contribution < 1.29 is 0 Å². The molecular formula is C9H12ClIN2S. The first-order chi connectivity index (χ1) is 6.26. The summed E-state index contributed by atoms with van der Waals surface area (Å²) in [5.74, 6) is 0. The minimum absolute atomic E-state index is 0. The number of anilines is 1. The summed E-state index contributed by atoms with van der Waals surface area (Å²) in [5, 5.41) is 4.79. The van der Waals surface area contributed by atoms with Crippen molar-refractivity contribution in [2.75, 3.05) is 18.6 Å². The lowest BCUT2D eigenvalue weighted by Crippen LogP contribution is -2.06. The lowest BCUT2D eigenvalue weighted by Gasteiger charge is -2.05. The van der Waals surface area contributed by atoms with Crippen molar-refractivity contribution in [2.45, 2.75) is 0 Å². The quantitative estimate of drug-likeness (QED) is 0.478. The molecule has 5 heteroatoms. The van der Waals surface area contributed by atoms with Crippen molar-refractivity contribution in [3.63, 3.8) is 0 Å². The molecule has 1 aromatic rings. The van der Waals surface area contributed by atoms with E-state index in [1.807, 2.05) is 30.5 Å². The zero-order valence-electron chi connectivity index (χ0n) is 7.95. The van der Waals surface area contributed by atoms with Crippen LogP contribution >= 0.6 is 47.3 Å². The first-order valence-electron chi connectivity index (χ1n) is 3.79. The molecule has 2 nitrogen and oxygen atoms in total. The second-order valence-corrected chi connectivity index (χ2v) is 3.60. The molecule has 0 aliphatic carbocycles. The largest absolute Gasteiger partial charge is 0.335 e. The summed E-state index contributed by atoms with van der Waals surface area (Å²) in [6, 6.07) is 7.53. The van der Waals surface area contributed by atoms with Crippen LogP contribution in [0.5, 0.6) is 0 Å². The van der Waals surface area contributed by atoms with Crippen molar-refractivity contribution in [3.8, 4) is 0 Å². The van der Waals surface area contributed by atoms with Crippen LogP contribution in [0, 0.1) is 0 Å². The minimum Gasteiger partial charge on any atom is -0.335 e. The second kappa shape index (κ2) is 7.36. The Labute approximate surface area is 111 Å². The van der Waals surface area contributed by atoms with Crippen molar-refractivity contribution in [1.29, 1.82) is 0 Å². The number of rotatable bonds is 1. The van der Waals surface area contributed by atoms with Crippen molar-refractivity contribution in [2.24, 2.45) is 4.99 Å². The fraction of sp³-hybridized carbons (Fsp3) is 0.222. The van der Waals surface area contributed by atoms with Crippen LogP contribution < -0.4 is 5.32 Å². The minimum atomic E-state index is 0. The average Bonchev–Trinajstić information content (AvgIpc) is 2.17. The fourth-order valence-electron chi connectivity index (χ4n) is 0.855. The van der Waals surface area contributed by atoms with E-state index >= 15 is 0 Å². The van der Waals surface area contributed by atoms with Crippen LogP contribution in [0.25, 0.3) is 0 Å². The van der Waals surface area contributed by atoms with Crippen LogP contribution in [0.3, 0.4) is 0 Å². The molecule has 0 saturated carbocycles. The van der Waals surface area contributed by atoms with E-state index in [0.29, 0.717) is 0 Å². The Balaban J connectivity index is 0.00000169. The molecule has 78 valence electrons. The number of amidine groups is 1. The number of nitrogens with one attached hydrogen (secondary N) is 1. The monoisotopic (exact) mass is 342 g/mol. The molecule has 1 rings (SSSR count). The van der Waals surface area contributed by atoms with Gasteiger partial charge in [-0.15, -0.1) is 24.0 Å². The normalized spacial score (nSPS) is 10.6. The van der Waals surface area contributed by atoms with Gasteiger partial charge in [0.15, 0.2) is 5.17 Å². The van der Waals surface area contributed by atoms with Gasteiger partial charge >= 0.3 is 0 Å². The standard InChI is InChI=1S/C9H11ClN2S.HI/c1-11-9(13-2)12-8-5-3-7(10)4-6-8;/h3-6H,1-2H3,(H,11,12);1H. The van der Waals surface area contributed by atoms with Crippen LogP contribution in [-0.4, -0.2) is 18.5 Å². The van der Waals surface area contributed by atoms with Gasteiger partial charge in [0, 0.05) is 17.8 Å². The summed E-state index contributed by atoms with van der Waals surface area (Å²) >= 11 is 7.33. The molecule has 0 spiro atoms. The van der Waals surface area contributed by atoms with Crippen LogP contribution in [0.15, 0.2) is 29.3 Å². The topological polar surface area (TPSA) is 24.4 Å². The van der Waals surface area contributed by atoms with E-state index < -0.39 is 0 Å². The highest BCUT2D eigenvalue weighted by Crippen LogP contribution is 2.14. The van der Waals surface area contributed by atoms with E-state index in [1.165, 1.54) is 0 Å². The van der Waals surface area contributed by atoms with Gasteiger partial charge < -0.3 is 5.32 Å². The van der Waals surface area contributed by atoms with E-state index in [0.717, 1.165) is 15.9 Å². The molecule has 0 bridgehead atoms. The molecule has 0 fully saturated rings. The van der Waals surface area contributed by atoms with Crippen molar-refractivity contribution in [3.05, 3.63) is 29.3 Å². The summed E-state index contributed by atoms with van der Waals surface area (Å²) in [6.45, 7) is 0. The molecule has 0 aromatic heterocycles. The van der Waals surface area contributed by atoms with Gasteiger partial charge in [0.25, 0.3) is 0 Å². The molecule has 1 aromatic carbocycles. The third kappa shape index (κ3) is 4.52. The number of benzene rings is 1. The Morgan fingerprint density at radius 3 is 2.36 bits per heavy atom. The zero-order valence-corrected chi connectivity index (χ0v) is 11.9. The molecule has 1 N–H and O–H groups in total. The predicted molar refractivity (Wildman–Crippen MR) is 77.4 cm³/mol. The first kappa shape index (κ1) is 14.1. The predicted octanol–water partition coefficient (Wildman–Crippen LogP) is 3.72. The van der Waals surface area contributed by atoms with Gasteiger partial charge in [0.1, 0.15) is 0 Å². The Hall–Kier alpha value is 0.0600. The smallest absolute Gasteiger partial charge is 0.160 e. The molecule has 0 atom stereocenters. The number of thioether (sulfide) groups is 1. The molecule has 0 saturated heterocycles. The third-order valence-electron chi connectivity index (χ3n) is 1.49. The number of hydrogen-bond acceptors (Lipinski definition) is 2. The third-order valence-corrected chi connectivity index (χ3v) is 2.42. The summed E-state index contributed by atoms with van der Waals surface area (Å²) in [6.07, 6.45) is 1.98. The number of hydrogen-bond donors (Lipinski definition) is 1. The molecule has 0 unspecified atom stereocenters. The average molecular weight is 343 g/mol. The summed E-state index contributed by atoms with van der Waals surface area (Å²) in [7, 11) is 1.76. The maximum Gasteiger partial charge on any atom is 0.160 e. The molecule has 0 radical (unpaired) electrons. The molecule has 0 heterocycles.